The number of thioether (sulfide) groups is 1. The van der Waals surface area contributed by atoms with E-state index in [1.54, 1.807) is 11.8 Å². The molecule has 1 N–H and O–H groups in total. The maximum Gasteiger partial charge on any atom is 0.310 e. The monoisotopic (exact) mass is 312 g/mol. The Morgan fingerprint density at radius 3 is 2.77 bits per heavy atom. The van der Waals surface area contributed by atoms with Crippen LogP contribution in [-0.2, 0) is 4.79 Å². The summed E-state index contributed by atoms with van der Waals surface area (Å²) < 4.78 is 6.34. The molecule has 0 aromatic heterocycles. The van der Waals surface area contributed by atoms with Crippen LogP contribution in [0.1, 0.15) is 12.8 Å². The highest BCUT2D eigenvalue weighted by Crippen LogP contribution is 2.56. The molecule has 4 rings (SSSR count). The van der Waals surface area contributed by atoms with E-state index in [1.807, 2.05) is 42.5 Å². The molecular weight excluding hydrogens is 296 g/mol. The lowest BCUT2D eigenvalue weighted by atomic mass is 10.1. The van der Waals surface area contributed by atoms with E-state index >= 15 is 0 Å². The maximum atomic E-state index is 11.5. The van der Waals surface area contributed by atoms with E-state index in [1.165, 1.54) is 0 Å². The fourth-order valence-electron chi connectivity index (χ4n) is 3.28. The number of carboxylic acids is 1. The quantitative estimate of drug-likeness (QED) is 0.924. The van der Waals surface area contributed by atoms with Gasteiger partial charge in [-0.2, -0.15) is 0 Å². The van der Waals surface area contributed by atoms with Crippen LogP contribution in [-0.4, -0.2) is 21.9 Å². The number of benzene rings is 2. The second kappa shape index (κ2) is 5.06. The van der Waals surface area contributed by atoms with Gasteiger partial charge in [0.1, 0.15) is 17.3 Å². The van der Waals surface area contributed by atoms with Crippen molar-refractivity contribution in [2.75, 3.05) is 0 Å². The molecule has 0 spiro atoms. The maximum absolute atomic E-state index is 11.5. The summed E-state index contributed by atoms with van der Waals surface area (Å²) in [5, 5.41) is 13.8. The number of ether oxygens (including phenoxy) is 1. The highest BCUT2D eigenvalue weighted by Gasteiger charge is 2.66. The summed E-state index contributed by atoms with van der Waals surface area (Å²) in [6, 6.07) is 14.0. The van der Waals surface area contributed by atoms with Crippen LogP contribution in [0.25, 0.3) is 10.8 Å². The SMILES string of the molecule is O=C(O)[C@H]1C[C@@]1(Oc1cccc2ccccc12)C1CC=CS1. The van der Waals surface area contributed by atoms with Crippen molar-refractivity contribution in [2.24, 2.45) is 5.92 Å². The van der Waals surface area contributed by atoms with Crippen molar-refractivity contribution in [3.63, 3.8) is 0 Å². The van der Waals surface area contributed by atoms with Crippen molar-refractivity contribution >= 4 is 28.5 Å². The van der Waals surface area contributed by atoms with Crippen LogP contribution < -0.4 is 4.74 Å². The molecule has 2 aromatic carbocycles. The smallest absolute Gasteiger partial charge is 0.310 e. The Hall–Kier alpha value is -1.94. The molecule has 3 nitrogen and oxygen atoms in total. The van der Waals surface area contributed by atoms with Crippen LogP contribution in [0.2, 0.25) is 0 Å². The van der Waals surface area contributed by atoms with Crippen molar-refractivity contribution in [2.45, 2.75) is 23.7 Å². The van der Waals surface area contributed by atoms with Gasteiger partial charge in [0.05, 0.1) is 5.25 Å². The first-order valence-electron chi connectivity index (χ1n) is 7.41. The van der Waals surface area contributed by atoms with Crippen molar-refractivity contribution < 1.29 is 14.6 Å². The van der Waals surface area contributed by atoms with Gasteiger partial charge in [-0.1, -0.05) is 42.5 Å². The molecular formula is C18H16O3S. The van der Waals surface area contributed by atoms with E-state index in [4.69, 9.17) is 4.74 Å². The van der Waals surface area contributed by atoms with E-state index in [-0.39, 0.29) is 5.25 Å². The largest absolute Gasteiger partial charge is 0.485 e. The van der Waals surface area contributed by atoms with E-state index < -0.39 is 17.5 Å². The molecule has 0 radical (unpaired) electrons. The summed E-state index contributed by atoms with van der Waals surface area (Å²) in [5.74, 6) is -0.383. The summed E-state index contributed by atoms with van der Waals surface area (Å²) in [7, 11) is 0. The van der Waals surface area contributed by atoms with Crippen molar-refractivity contribution in [1.82, 2.24) is 0 Å². The van der Waals surface area contributed by atoms with Crippen LogP contribution in [0.5, 0.6) is 5.75 Å². The van der Waals surface area contributed by atoms with Gasteiger partial charge in [0.25, 0.3) is 0 Å². The molecule has 1 fully saturated rings. The summed E-state index contributed by atoms with van der Waals surface area (Å²) in [6.45, 7) is 0. The minimum atomic E-state index is -0.757. The molecule has 0 bridgehead atoms. The minimum absolute atomic E-state index is 0.188. The molecule has 1 saturated carbocycles. The Bertz CT molecular complexity index is 757. The van der Waals surface area contributed by atoms with Gasteiger partial charge in [-0.05, 0) is 23.3 Å². The highest BCUT2D eigenvalue weighted by molar-refractivity contribution is 8.03. The van der Waals surface area contributed by atoms with E-state index in [2.05, 4.69) is 11.5 Å². The Morgan fingerprint density at radius 2 is 2.05 bits per heavy atom. The molecule has 1 aliphatic heterocycles. The number of rotatable bonds is 4. The zero-order valence-electron chi connectivity index (χ0n) is 11.9. The Kier molecular flexibility index (Phi) is 3.15. The fraction of sp³-hybridized carbons (Fsp3) is 0.278. The van der Waals surface area contributed by atoms with Gasteiger partial charge < -0.3 is 9.84 Å². The molecule has 0 saturated heterocycles. The first-order chi connectivity index (χ1) is 10.7. The first kappa shape index (κ1) is 13.7. The number of hydrogen-bond acceptors (Lipinski definition) is 3. The summed E-state index contributed by atoms with van der Waals surface area (Å²) in [6.07, 6.45) is 3.56. The third-order valence-corrected chi connectivity index (χ3v) is 5.80. The highest BCUT2D eigenvalue weighted by atomic mass is 32.2. The van der Waals surface area contributed by atoms with Gasteiger partial charge in [0, 0.05) is 11.8 Å². The Labute approximate surface area is 133 Å². The topological polar surface area (TPSA) is 46.5 Å². The number of hydrogen-bond donors (Lipinski definition) is 1. The van der Waals surface area contributed by atoms with Crippen LogP contribution in [0.15, 0.2) is 53.9 Å². The average Bonchev–Trinajstić information content (AvgIpc) is 3.00. The molecule has 112 valence electrons. The molecule has 1 heterocycles. The Balaban J connectivity index is 1.71. The van der Waals surface area contributed by atoms with Gasteiger partial charge in [-0.25, -0.2) is 0 Å². The summed E-state index contributed by atoms with van der Waals surface area (Å²) in [4.78, 5) is 11.5. The van der Waals surface area contributed by atoms with Crippen molar-refractivity contribution in [3.05, 3.63) is 53.9 Å². The number of allylic oxidation sites excluding steroid dienone is 1. The third kappa shape index (κ3) is 2.10. The third-order valence-electron chi connectivity index (χ3n) is 4.53. The molecule has 3 atom stereocenters. The van der Waals surface area contributed by atoms with E-state index in [9.17, 15) is 9.90 Å². The van der Waals surface area contributed by atoms with Gasteiger partial charge >= 0.3 is 5.97 Å². The molecule has 2 aliphatic rings. The standard InChI is InChI=1S/C18H16O3S/c19-17(20)14-11-18(14,16-9-4-10-22-16)21-15-8-3-6-12-5-1-2-7-13(12)15/h1-8,10,14,16H,9,11H2,(H,19,20)/t14-,16?,18+/m1/s1. The van der Waals surface area contributed by atoms with Gasteiger partial charge in [-0.15, -0.1) is 11.8 Å². The first-order valence-corrected chi connectivity index (χ1v) is 8.35. The summed E-state index contributed by atoms with van der Waals surface area (Å²) >= 11 is 1.69. The predicted molar refractivity (Wildman–Crippen MR) is 88.2 cm³/mol. The lowest BCUT2D eigenvalue weighted by Crippen LogP contribution is -2.34. The van der Waals surface area contributed by atoms with Gasteiger partial charge in [0.15, 0.2) is 0 Å². The van der Waals surface area contributed by atoms with Crippen LogP contribution in [0, 0.1) is 5.92 Å². The lowest BCUT2D eigenvalue weighted by molar-refractivity contribution is -0.140. The zero-order valence-corrected chi connectivity index (χ0v) is 12.8. The zero-order chi connectivity index (χ0) is 15.2. The Morgan fingerprint density at radius 1 is 1.23 bits per heavy atom. The number of carbonyl (C=O) groups is 1. The van der Waals surface area contributed by atoms with Gasteiger partial charge in [-0.3, -0.25) is 4.79 Å². The van der Waals surface area contributed by atoms with E-state index in [0.29, 0.717) is 6.42 Å². The number of carboxylic acid groups (broad SMARTS) is 1. The van der Waals surface area contributed by atoms with Crippen molar-refractivity contribution in [3.8, 4) is 5.75 Å². The van der Waals surface area contributed by atoms with Crippen LogP contribution >= 0.6 is 11.8 Å². The predicted octanol–water partition coefficient (Wildman–Crippen LogP) is 4.08. The van der Waals surface area contributed by atoms with Crippen LogP contribution in [0.3, 0.4) is 0 Å². The molecule has 1 unspecified atom stereocenters. The molecule has 22 heavy (non-hydrogen) atoms. The second-order valence-corrected chi connectivity index (χ2v) is 6.97. The van der Waals surface area contributed by atoms with Gasteiger partial charge in [0.2, 0.25) is 0 Å². The van der Waals surface area contributed by atoms with E-state index in [0.717, 1.165) is 22.9 Å². The number of aliphatic carboxylic acids is 1. The molecule has 1 aliphatic carbocycles. The number of fused-ring (bicyclic) bond motifs is 1. The normalized spacial score (nSPS) is 29.6. The van der Waals surface area contributed by atoms with Crippen LogP contribution in [0.4, 0.5) is 0 Å². The minimum Gasteiger partial charge on any atom is -0.485 e. The fourth-order valence-corrected chi connectivity index (χ4v) is 4.45. The molecule has 4 heteroatoms. The lowest BCUT2D eigenvalue weighted by Gasteiger charge is -2.25. The average molecular weight is 312 g/mol. The molecule has 2 aromatic rings. The second-order valence-electron chi connectivity index (χ2n) is 5.86. The van der Waals surface area contributed by atoms with Crippen molar-refractivity contribution in [1.29, 1.82) is 0 Å². The molecule has 0 amide bonds. The summed E-state index contributed by atoms with van der Waals surface area (Å²) in [5.41, 5.74) is -0.579.